The number of benzene rings is 1. The highest BCUT2D eigenvalue weighted by Crippen LogP contribution is 2.27. The summed E-state index contributed by atoms with van der Waals surface area (Å²) >= 11 is 5.87. The number of H-pyrrole nitrogens is 1. The first-order chi connectivity index (χ1) is 9.50. The van der Waals surface area contributed by atoms with E-state index in [0.29, 0.717) is 0 Å². The number of aryl methyl sites for hydroxylation is 1. The number of nitro groups is 1. The summed E-state index contributed by atoms with van der Waals surface area (Å²) in [5.41, 5.74) is 1.45. The highest BCUT2D eigenvalue weighted by Gasteiger charge is 2.19. The molecule has 0 aliphatic rings. The lowest BCUT2D eigenvalue weighted by molar-refractivity contribution is -0.384. The van der Waals surface area contributed by atoms with Crippen LogP contribution in [0.4, 0.5) is 5.69 Å². The summed E-state index contributed by atoms with van der Waals surface area (Å²) in [4.78, 5) is 22.1. The lowest BCUT2D eigenvalue weighted by Crippen LogP contribution is -2.23. The van der Waals surface area contributed by atoms with Gasteiger partial charge in [0.05, 0.1) is 16.7 Å². The Morgan fingerprint density at radius 2 is 2.30 bits per heavy atom. The van der Waals surface area contributed by atoms with Crippen LogP contribution in [0, 0.1) is 17.0 Å². The molecule has 0 radical (unpaired) electrons. The van der Waals surface area contributed by atoms with Crippen molar-refractivity contribution in [1.82, 2.24) is 15.5 Å². The Morgan fingerprint density at radius 1 is 1.55 bits per heavy atom. The zero-order valence-corrected chi connectivity index (χ0v) is 11.3. The summed E-state index contributed by atoms with van der Waals surface area (Å²) in [6.45, 7) is 2.09. The third-order valence-electron chi connectivity index (χ3n) is 2.79. The minimum Gasteiger partial charge on any atom is -0.348 e. The lowest BCUT2D eigenvalue weighted by Gasteiger charge is -2.06. The van der Waals surface area contributed by atoms with E-state index in [-0.39, 0.29) is 22.8 Å². The smallest absolute Gasteiger partial charge is 0.288 e. The topological polar surface area (TPSA) is 101 Å². The molecule has 2 N–H and O–H groups in total. The van der Waals surface area contributed by atoms with Crippen LogP contribution in [-0.4, -0.2) is 21.0 Å². The molecule has 7 nitrogen and oxygen atoms in total. The van der Waals surface area contributed by atoms with Crippen molar-refractivity contribution >= 4 is 23.2 Å². The molecule has 0 saturated heterocycles. The van der Waals surface area contributed by atoms with Crippen LogP contribution in [0.15, 0.2) is 24.4 Å². The van der Waals surface area contributed by atoms with Gasteiger partial charge < -0.3 is 5.32 Å². The average molecular weight is 295 g/mol. The molecule has 2 aromatic rings. The van der Waals surface area contributed by atoms with Gasteiger partial charge in [0.2, 0.25) is 0 Å². The van der Waals surface area contributed by atoms with E-state index in [2.05, 4.69) is 15.5 Å². The van der Waals surface area contributed by atoms with E-state index in [1.54, 1.807) is 6.20 Å². The summed E-state index contributed by atoms with van der Waals surface area (Å²) < 4.78 is 0. The predicted octanol–water partition coefficient (Wildman–Crippen LogP) is 2.21. The Labute approximate surface area is 119 Å². The number of carbonyl (C=O) groups is 1. The van der Waals surface area contributed by atoms with Crippen molar-refractivity contribution in [3.8, 4) is 0 Å². The molecule has 1 heterocycles. The van der Waals surface area contributed by atoms with Gasteiger partial charge in [-0.15, -0.1) is 0 Å². The predicted molar refractivity (Wildman–Crippen MR) is 72.6 cm³/mol. The second-order valence-electron chi connectivity index (χ2n) is 4.10. The SMILES string of the molecule is Cc1[nH]ncc1CNC(=O)c1cccc([N+](=O)[O-])c1Cl. The molecule has 104 valence electrons. The van der Waals surface area contributed by atoms with Gasteiger partial charge >= 0.3 is 0 Å². The molecule has 0 unspecified atom stereocenters. The van der Waals surface area contributed by atoms with Crippen molar-refractivity contribution in [2.45, 2.75) is 13.5 Å². The highest BCUT2D eigenvalue weighted by atomic mass is 35.5. The van der Waals surface area contributed by atoms with Crippen LogP contribution in [0.3, 0.4) is 0 Å². The maximum Gasteiger partial charge on any atom is 0.288 e. The van der Waals surface area contributed by atoms with Gasteiger partial charge in [0.1, 0.15) is 5.02 Å². The molecular weight excluding hydrogens is 284 g/mol. The van der Waals surface area contributed by atoms with Crippen molar-refractivity contribution in [2.75, 3.05) is 0 Å². The van der Waals surface area contributed by atoms with Crippen LogP contribution in [0.25, 0.3) is 0 Å². The summed E-state index contributed by atoms with van der Waals surface area (Å²) in [7, 11) is 0. The molecule has 8 heteroatoms. The number of hydrogen-bond acceptors (Lipinski definition) is 4. The van der Waals surface area contributed by atoms with E-state index in [9.17, 15) is 14.9 Å². The highest BCUT2D eigenvalue weighted by molar-refractivity contribution is 6.35. The molecule has 0 spiro atoms. The fourth-order valence-electron chi connectivity index (χ4n) is 1.66. The third kappa shape index (κ3) is 2.77. The number of nitrogens with one attached hydrogen (secondary N) is 2. The van der Waals surface area contributed by atoms with Gasteiger partial charge in [-0.3, -0.25) is 20.0 Å². The Kier molecular flexibility index (Phi) is 3.99. The van der Waals surface area contributed by atoms with Gasteiger partial charge in [0.15, 0.2) is 0 Å². The normalized spacial score (nSPS) is 10.3. The molecule has 0 aliphatic carbocycles. The fourth-order valence-corrected chi connectivity index (χ4v) is 1.94. The number of rotatable bonds is 4. The molecule has 1 aromatic carbocycles. The van der Waals surface area contributed by atoms with E-state index in [4.69, 9.17) is 11.6 Å². The Balaban J connectivity index is 2.16. The van der Waals surface area contributed by atoms with Crippen LogP contribution < -0.4 is 5.32 Å². The van der Waals surface area contributed by atoms with E-state index in [1.165, 1.54) is 18.2 Å². The maximum atomic E-state index is 12.0. The van der Waals surface area contributed by atoms with Gasteiger partial charge in [-0.1, -0.05) is 17.7 Å². The van der Waals surface area contributed by atoms with Crippen molar-refractivity contribution in [3.63, 3.8) is 0 Å². The number of aromatic nitrogens is 2. The van der Waals surface area contributed by atoms with Gasteiger partial charge in [-0.05, 0) is 13.0 Å². The van der Waals surface area contributed by atoms with Gasteiger partial charge in [-0.2, -0.15) is 5.10 Å². The average Bonchev–Trinajstić information content (AvgIpc) is 2.81. The molecule has 2 rings (SSSR count). The second-order valence-corrected chi connectivity index (χ2v) is 4.48. The largest absolute Gasteiger partial charge is 0.348 e. The summed E-state index contributed by atoms with van der Waals surface area (Å²) in [6.07, 6.45) is 1.60. The van der Waals surface area contributed by atoms with Gasteiger partial charge in [0, 0.05) is 23.9 Å². The van der Waals surface area contributed by atoms with Crippen LogP contribution in [0.1, 0.15) is 21.6 Å². The number of carbonyl (C=O) groups excluding carboxylic acids is 1. The Bertz CT molecular complexity index is 668. The number of halogens is 1. The molecule has 0 fully saturated rings. The standard InChI is InChI=1S/C12H11ClN4O3/c1-7-8(6-15-16-7)5-14-12(18)9-3-2-4-10(11(9)13)17(19)20/h2-4,6H,5H2,1H3,(H,14,18)(H,15,16). The van der Waals surface area contributed by atoms with Crippen LogP contribution in [0.2, 0.25) is 5.02 Å². The van der Waals surface area contributed by atoms with Gasteiger partial charge in [0.25, 0.3) is 11.6 Å². The molecular formula is C12H11ClN4O3. The minimum absolute atomic E-state index is 0.0713. The lowest BCUT2D eigenvalue weighted by atomic mass is 10.1. The Morgan fingerprint density at radius 3 is 2.90 bits per heavy atom. The zero-order valence-electron chi connectivity index (χ0n) is 10.5. The van der Waals surface area contributed by atoms with E-state index in [0.717, 1.165) is 11.3 Å². The van der Waals surface area contributed by atoms with Crippen LogP contribution in [-0.2, 0) is 6.54 Å². The number of aromatic amines is 1. The van der Waals surface area contributed by atoms with Crippen molar-refractivity contribution < 1.29 is 9.72 Å². The third-order valence-corrected chi connectivity index (χ3v) is 3.19. The summed E-state index contributed by atoms with van der Waals surface area (Å²) in [6, 6.07) is 4.11. The first-order valence-electron chi connectivity index (χ1n) is 5.70. The van der Waals surface area contributed by atoms with E-state index in [1.807, 2.05) is 6.92 Å². The molecule has 0 bridgehead atoms. The van der Waals surface area contributed by atoms with Crippen molar-refractivity contribution in [1.29, 1.82) is 0 Å². The number of amides is 1. The fraction of sp³-hybridized carbons (Fsp3) is 0.167. The van der Waals surface area contributed by atoms with Crippen LogP contribution in [0.5, 0.6) is 0 Å². The van der Waals surface area contributed by atoms with Gasteiger partial charge in [-0.25, -0.2) is 0 Å². The number of nitro benzene ring substituents is 1. The first-order valence-corrected chi connectivity index (χ1v) is 6.08. The molecule has 20 heavy (non-hydrogen) atoms. The molecule has 0 saturated carbocycles. The van der Waals surface area contributed by atoms with E-state index < -0.39 is 10.8 Å². The number of hydrogen-bond donors (Lipinski definition) is 2. The quantitative estimate of drug-likeness (QED) is 0.666. The minimum atomic E-state index is -0.626. The molecule has 1 aromatic heterocycles. The Hall–Kier alpha value is -2.41. The maximum absolute atomic E-state index is 12.0. The second kappa shape index (κ2) is 5.70. The monoisotopic (exact) mass is 294 g/mol. The van der Waals surface area contributed by atoms with Crippen molar-refractivity contribution in [2.24, 2.45) is 0 Å². The molecule has 0 aliphatic heterocycles. The molecule has 1 amide bonds. The zero-order chi connectivity index (χ0) is 14.7. The molecule has 0 atom stereocenters. The summed E-state index contributed by atoms with van der Waals surface area (Å²) in [5, 5.41) is 19.8. The van der Waals surface area contributed by atoms with Crippen LogP contribution >= 0.6 is 11.6 Å². The van der Waals surface area contributed by atoms with E-state index >= 15 is 0 Å². The first kappa shape index (κ1) is 14.0. The number of nitrogens with zero attached hydrogens (tertiary/aromatic N) is 2. The van der Waals surface area contributed by atoms with Crippen molar-refractivity contribution in [3.05, 3.63) is 56.4 Å². The summed E-state index contributed by atoms with van der Waals surface area (Å²) in [5.74, 6) is -0.473.